The summed E-state index contributed by atoms with van der Waals surface area (Å²) in [5, 5.41) is 3.29. The van der Waals surface area contributed by atoms with Crippen molar-refractivity contribution in [3.8, 4) is 0 Å². The van der Waals surface area contributed by atoms with E-state index in [4.69, 9.17) is 4.42 Å². The van der Waals surface area contributed by atoms with Crippen LogP contribution in [0, 0.1) is 5.82 Å². The lowest BCUT2D eigenvalue weighted by Crippen LogP contribution is -2.23. The van der Waals surface area contributed by atoms with Crippen LogP contribution in [0.25, 0.3) is 0 Å². The molecule has 0 aliphatic carbocycles. The van der Waals surface area contributed by atoms with Crippen LogP contribution >= 0.6 is 0 Å². The molecule has 108 valence electrons. The van der Waals surface area contributed by atoms with E-state index in [-0.39, 0.29) is 5.82 Å². The number of hydrogen-bond donors (Lipinski definition) is 1. The Morgan fingerprint density at radius 3 is 2.80 bits per heavy atom. The van der Waals surface area contributed by atoms with Crippen molar-refractivity contribution in [2.45, 2.75) is 26.9 Å². The van der Waals surface area contributed by atoms with Crippen LogP contribution in [-0.2, 0) is 13.1 Å². The Bertz CT molecular complexity index is 539. The number of halogens is 1. The summed E-state index contributed by atoms with van der Waals surface area (Å²) in [7, 11) is 0. The zero-order valence-electron chi connectivity index (χ0n) is 12.0. The van der Waals surface area contributed by atoms with Gasteiger partial charge in [0.05, 0.1) is 12.8 Å². The first-order valence-electron chi connectivity index (χ1n) is 7.01. The molecule has 0 saturated carbocycles. The third-order valence-corrected chi connectivity index (χ3v) is 3.29. The van der Waals surface area contributed by atoms with Crippen molar-refractivity contribution in [2.75, 3.05) is 18.0 Å². The lowest BCUT2D eigenvalue weighted by atomic mass is 10.2. The van der Waals surface area contributed by atoms with Crippen molar-refractivity contribution in [3.05, 3.63) is 53.7 Å². The molecule has 1 aromatic heterocycles. The molecule has 4 heteroatoms. The molecule has 1 aromatic carbocycles. The fourth-order valence-electron chi connectivity index (χ4n) is 2.15. The number of rotatable bonds is 7. The molecule has 0 radical (unpaired) electrons. The normalized spacial score (nSPS) is 10.8. The molecule has 0 spiro atoms. The zero-order chi connectivity index (χ0) is 14.4. The van der Waals surface area contributed by atoms with Crippen LogP contribution in [0.15, 0.2) is 41.0 Å². The molecule has 0 saturated heterocycles. The number of anilines is 1. The topological polar surface area (TPSA) is 28.4 Å². The Kier molecular flexibility index (Phi) is 5.18. The highest BCUT2D eigenvalue weighted by atomic mass is 19.1. The highest BCUT2D eigenvalue weighted by Crippen LogP contribution is 2.20. The van der Waals surface area contributed by atoms with Gasteiger partial charge in [-0.3, -0.25) is 0 Å². The summed E-state index contributed by atoms with van der Waals surface area (Å²) < 4.78 is 18.9. The molecule has 0 fully saturated rings. The van der Waals surface area contributed by atoms with Crippen LogP contribution in [0.5, 0.6) is 0 Å². The van der Waals surface area contributed by atoms with Crippen LogP contribution in [0.3, 0.4) is 0 Å². The Labute approximate surface area is 119 Å². The standard InChI is InChI=1S/C16H21FN2O/c1-3-18-11-13-8-9-20-16(13)12-19(4-2)15-7-5-6-14(17)10-15/h5-10,18H,3-4,11-12H2,1-2H3. The van der Waals surface area contributed by atoms with E-state index in [1.807, 2.05) is 12.1 Å². The van der Waals surface area contributed by atoms with E-state index in [0.29, 0.717) is 6.54 Å². The maximum atomic E-state index is 13.3. The van der Waals surface area contributed by atoms with Gasteiger partial charge in [0.2, 0.25) is 0 Å². The summed E-state index contributed by atoms with van der Waals surface area (Å²) in [6, 6.07) is 8.64. The fourth-order valence-corrected chi connectivity index (χ4v) is 2.15. The van der Waals surface area contributed by atoms with Gasteiger partial charge in [0.25, 0.3) is 0 Å². The van der Waals surface area contributed by atoms with E-state index >= 15 is 0 Å². The SMILES string of the molecule is CCNCc1ccoc1CN(CC)c1cccc(F)c1. The van der Waals surface area contributed by atoms with Gasteiger partial charge < -0.3 is 14.6 Å². The largest absolute Gasteiger partial charge is 0.467 e. The molecule has 3 nitrogen and oxygen atoms in total. The third-order valence-electron chi connectivity index (χ3n) is 3.29. The highest BCUT2D eigenvalue weighted by Gasteiger charge is 2.12. The van der Waals surface area contributed by atoms with Gasteiger partial charge in [-0.25, -0.2) is 4.39 Å². The van der Waals surface area contributed by atoms with Crippen molar-refractivity contribution in [2.24, 2.45) is 0 Å². The van der Waals surface area contributed by atoms with Gasteiger partial charge in [0.15, 0.2) is 0 Å². The minimum Gasteiger partial charge on any atom is -0.467 e. The first kappa shape index (κ1) is 14.6. The lowest BCUT2D eigenvalue weighted by Gasteiger charge is -2.22. The first-order valence-corrected chi connectivity index (χ1v) is 7.01. The Hall–Kier alpha value is -1.81. The summed E-state index contributed by atoms with van der Waals surface area (Å²) in [6.45, 7) is 7.29. The van der Waals surface area contributed by atoms with Crippen LogP contribution in [0.4, 0.5) is 10.1 Å². The van der Waals surface area contributed by atoms with Gasteiger partial charge in [-0.15, -0.1) is 0 Å². The lowest BCUT2D eigenvalue weighted by molar-refractivity contribution is 0.496. The summed E-state index contributed by atoms with van der Waals surface area (Å²) in [5.41, 5.74) is 2.03. The minimum absolute atomic E-state index is 0.215. The molecule has 0 aliphatic heterocycles. The molecule has 2 aromatic rings. The van der Waals surface area contributed by atoms with Crippen LogP contribution < -0.4 is 10.2 Å². The maximum absolute atomic E-state index is 13.3. The number of benzene rings is 1. The molecule has 0 bridgehead atoms. The van der Waals surface area contributed by atoms with Crippen molar-refractivity contribution >= 4 is 5.69 Å². The van der Waals surface area contributed by atoms with Gasteiger partial charge in [-0.2, -0.15) is 0 Å². The number of nitrogens with zero attached hydrogens (tertiary/aromatic N) is 1. The van der Waals surface area contributed by atoms with Crippen molar-refractivity contribution in [1.82, 2.24) is 5.32 Å². The molecular weight excluding hydrogens is 255 g/mol. The molecule has 2 rings (SSSR count). The fraction of sp³-hybridized carbons (Fsp3) is 0.375. The minimum atomic E-state index is -0.215. The third kappa shape index (κ3) is 3.61. The van der Waals surface area contributed by atoms with Crippen LogP contribution in [0.1, 0.15) is 25.2 Å². The van der Waals surface area contributed by atoms with E-state index in [2.05, 4.69) is 24.1 Å². The van der Waals surface area contributed by atoms with E-state index in [1.54, 1.807) is 18.4 Å². The summed E-state index contributed by atoms with van der Waals surface area (Å²) >= 11 is 0. The monoisotopic (exact) mass is 276 g/mol. The smallest absolute Gasteiger partial charge is 0.127 e. The molecule has 0 amide bonds. The Morgan fingerprint density at radius 2 is 2.10 bits per heavy atom. The second-order valence-electron chi connectivity index (χ2n) is 4.64. The summed E-state index contributed by atoms with van der Waals surface area (Å²) in [4.78, 5) is 2.09. The second-order valence-corrected chi connectivity index (χ2v) is 4.64. The quantitative estimate of drug-likeness (QED) is 0.838. The average Bonchev–Trinajstić information content (AvgIpc) is 2.89. The average molecular weight is 276 g/mol. The number of hydrogen-bond acceptors (Lipinski definition) is 3. The van der Waals surface area contributed by atoms with Gasteiger partial charge in [-0.1, -0.05) is 13.0 Å². The van der Waals surface area contributed by atoms with Gasteiger partial charge in [0, 0.05) is 24.3 Å². The zero-order valence-corrected chi connectivity index (χ0v) is 12.0. The molecule has 20 heavy (non-hydrogen) atoms. The molecule has 1 N–H and O–H groups in total. The molecule has 0 unspecified atom stereocenters. The molecule has 0 aliphatic rings. The van der Waals surface area contributed by atoms with E-state index in [0.717, 1.165) is 36.6 Å². The molecular formula is C16H21FN2O. The van der Waals surface area contributed by atoms with Gasteiger partial charge in [-0.05, 0) is 37.7 Å². The molecule has 1 heterocycles. The van der Waals surface area contributed by atoms with Gasteiger partial charge in [0.1, 0.15) is 11.6 Å². The summed E-state index contributed by atoms with van der Waals surface area (Å²) in [6.07, 6.45) is 1.71. The van der Waals surface area contributed by atoms with E-state index < -0.39 is 0 Å². The number of furan rings is 1. The highest BCUT2D eigenvalue weighted by molar-refractivity contribution is 5.46. The van der Waals surface area contributed by atoms with E-state index in [9.17, 15) is 4.39 Å². The second kappa shape index (κ2) is 7.10. The van der Waals surface area contributed by atoms with Crippen LogP contribution in [-0.4, -0.2) is 13.1 Å². The predicted octanol–water partition coefficient (Wildman–Crippen LogP) is 3.55. The van der Waals surface area contributed by atoms with E-state index in [1.165, 1.54) is 6.07 Å². The van der Waals surface area contributed by atoms with Crippen LogP contribution in [0.2, 0.25) is 0 Å². The van der Waals surface area contributed by atoms with Crippen molar-refractivity contribution < 1.29 is 8.81 Å². The Morgan fingerprint density at radius 1 is 1.25 bits per heavy atom. The first-order chi connectivity index (χ1) is 9.74. The van der Waals surface area contributed by atoms with Gasteiger partial charge >= 0.3 is 0 Å². The number of nitrogens with one attached hydrogen (secondary N) is 1. The maximum Gasteiger partial charge on any atom is 0.127 e. The van der Waals surface area contributed by atoms with Crippen molar-refractivity contribution in [3.63, 3.8) is 0 Å². The Balaban J connectivity index is 2.12. The van der Waals surface area contributed by atoms with Crippen molar-refractivity contribution in [1.29, 1.82) is 0 Å². The summed E-state index contributed by atoms with van der Waals surface area (Å²) in [5.74, 6) is 0.713. The predicted molar refractivity (Wildman–Crippen MR) is 79.2 cm³/mol. The molecule has 0 atom stereocenters.